The van der Waals surface area contributed by atoms with E-state index in [1.807, 2.05) is 12.1 Å². The lowest BCUT2D eigenvalue weighted by Gasteiger charge is -2.24. The van der Waals surface area contributed by atoms with E-state index in [-0.39, 0.29) is 11.3 Å². The average molecular weight is 337 g/mol. The first-order chi connectivity index (χ1) is 9.71. The number of nitrogens with one attached hydrogen (secondary N) is 2. The molecule has 3 nitrogen and oxygen atoms in total. The Morgan fingerprint density at radius 3 is 2.95 bits per heavy atom. The number of piperidine rings is 1. The van der Waals surface area contributed by atoms with Crippen LogP contribution in [0.1, 0.15) is 31.2 Å². The van der Waals surface area contributed by atoms with Crippen LogP contribution < -0.4 is 10.6 Å². The van der Waals surface area contributed by atoms with Crippen LogP contribution >= 0.6 is 15.9 Å². The first-order valence-corrected chi connectivity index (χ1v) is 8.25. The molecule has 2 N–H and O–H groups in total. The molecule has 2 aliphatic rings. The third kappa shape index (κ3) is 2.91. The van der Waals surface area contributed by atoms with Crippen LogP contribution in [0.5, 0.6) is 0 Å². The molecule has 3 rings (SSSR count). The second-order valence-corrected chi connectivity index (χ2v) is 6.93. The Balaban J connectivity index is 1.61. The number of amides is 1. The molecule has 1 atom stereocenters. The van der Waals surface area contributed by atoms with Crippen LogP contribution in [0.4, 0.5) is 0 Å². The second-order valence-electron chi connectivity index (χ2n) is 6.01. The molecule has 20 heavy (non-hydrogen) atoms. The number of halogens is 1. The van der Waals surface area contributed by atoms with Gasteiger partial charge < -0.3 is 10.6 Å². The van der Waals surface area contributed by atoms with Crippen molar-refractivity contribution in [3.63, 3.8) is 0 Å². The van der Waals surface area contributed by atoms with Gasteiger partial charge in [-0.3, -0.25) is 4.79 Å². The van der Waals surface area contributed by atoms with Crippen molar-refractivity contribution in [1.29, 1.82) is 0 Å². The van der Waals surface area contributed by atoms with Crippen molar-refractivity contribution in [2.24, 2.45) is 5.92 Å². The SMILES string of the molecule is O=C(NCC1CCCNC1)C1(c2cccc(Br)c2)CC1. The summed E-state index contributed by atoms with van der Waals surface area (Å²) in [5.74, 6) is 0.798. The molecule has 1 aromatic carbocycles. The summed E-state index contributed by atoms with van der Waals surface area (Å²) in [6.07, 6.45) is 4.38. The number of carbonyl (C=O) groups is 1. The van der Waals surface area contributed by atoms with Crippen LogP contribution in [0.25, 0.3) is 0 Å². The predicted octanol–water partition coefficient (Wildman–Crippen LogP) is 2.60. The van der Waals surface area contributed by atoms with Gasteiger partial charge in [0.15, 0.2) is 0 Å². The van der Waals surface area contributed by atoms with Crippen LogP contribution in [0, 0.1) is 5.92 Å². The Hall–Kier alpha value is -0.870. The Labute approximate surface area is 128 Å². The summed E-state index contributed by atoms with van der Waals surface area (Å²) >= 11 is 3.49. The maximum atomic E-state index is 12.5. The van der Waals surface area contributed by atoms with E-state index in [9.17, 15) is 4.79 Å². The molecule has 2 fully saturated rings. The van der Waals surface area contributed by atoms with E-state index in [1.165, 1.54) is 12.8 Å². The summed E-state index contributed by atoms with van der Waals surface area (Å²) in [5, 5.41) is 6.57. The molecule has 0 radical (unpaired) electrons. The predicted molar refractivity (Wildman–Crippen MR) is 83.7 cm³/mol. The van der Waals surface area contributed by atoms with Gasteiger partial charge in [-0.25, -0.2) is 0 Å². The molecule has 0 aromatic heterocycles. The topological polar surface area (TPSA) is 41.1 Å². The van der Waals surface area contributed by atoms with Gasteiger partial charge in [-0.05, 0) is 62.4 Å². The maximum absolute atomic E-state index is 12.5. The van der Waals surface area contributed by atoms with Gasteiger partial charge in [-0.2, -0.15) is 0 Å². The second kappa shape index (κ2) is 5.86. The molecule has 108 valence electrons. The van der Waals surface area contributed by atoms with Crippen molar-refractivity contribution in [1.82, 2.24) is 10.6 Å². The van der Waals surface area contributed by atoms with Crippen molar-refractivity contribution in [2.75, 3.05) is 19.6 Å². The first-order valence-electron chi connectivity index (χ1n) is 7.46. The number of hydrogen-bond donors (Lipinski definition) is 2. The molecule has 1 aliphatic heterocycles. The minimum atomic E-state index is -0.258. The van der Waals surface area contributed by atoms with E-state index in [1.54, 1.807) is 0 Å². The molecule has 0 spiro atoms. The molecular formula is C16H21BrN2O. The van der Waals surface area contributed by atoms with Gasteiger partial charge in [0.25, 0.3) is 0 Å². The fourth-order valence-electron chi connectivity index (χ4n) is 3.06. The molecule has 1 saturated carbocycles. The Morgan fingerprint density at radius 1 is 1.45 bits per heavy atom. The van der Waals surface area contributed by atoms with E-state index in [2.05, 4.69) is 38.7 Å². The zero-order valence-corrected chi connectivity index (χ0v) is 13.2. The van der Waals surface area contributed by atoms with E-state index in [0.29, 0.717) is 5.92 Å². The van der Waals surface area contributed by atoms with E-state index >= 15 is 0 Å². The Morgan fingerprint density at radius 2 is 2.30 bits per heavy atom. The van der Waals surface area contributed by atoms with Gasteiger partial charge in [0, 0.05) is 11.0 Å². The third-order valence-corrected chi connectivity index (χ3v) is 5.01. The maximum Gasteiger partial charge on any atom is 0.230 e. The lowest BCUT2D eigenvalue weighted by molar-refractivity contribution is -0.123. The van der Waals surface area contributed by atoms with Crippen molar-refractivity contribution in [3.05, 3.63) is 34.3 Å². The molecule has 1 unspecified atom stereocenters. The van der Waals surface area contributed by atoms with Gasteiger partial charge in [0.1, 0.15) is 0 Å². The van der Waals surface area contributed by atoms with Crippen LogP contribution in [0.15, 0.2) is 28.7 Å². The average Bonchev–Trinajstić information content (AvgIpc) is 3.28. The van der Waals surface area contributed by atoms with Crippen LogP contribution in [0.2, 0.25) is 0 Å². The molecule has 1 aromatic rings. The molecule has 0 bridgehead atoms. The highest BCUT2D eigenvalue weighted by atomic mass is 79.9. The highest BCUT2D eigenvalue weighted by molar-refractivity contribution is 9.10. The fourth-order valence-corrected chi connectivity index (χ4v) is 3.46. The number of benzene rings is 1. The van der Waals surface area contributed by atoms with Crippen LogP contribution in [-0.4, -0.2) is 25.5 Å². The highest BCUT2D eigenvalue weighted by Crippen LogP contribution is 2.48. The highest BCUT2D eigenvalue weighted by Gasteiger charge is 2.51. The minimum absolute atomic E-state index is 0.209. The summed E-state index contributed by atoms with van der Waals surface area (Å²) in [6.45, 7) is 2.96. The summed E-state index contributed by atoms with van der Waals surface area (Å²) in [7, 11) is 0. The van der Waals surface area contributed by atoms with Crippen molar-refractivity contribution in [3.8, 4) is 0 Å². The summed E-state index contributed by atoms with van der Waals surface area (Å²) in [4.78, 5) is 12.5. The van der Waals surface area contributed by atoms with E-state index < -0.39 is 0 Å². The van der Waals surface area contributed by atoms with Crippen molar-refractivity contribution >= 4 is 21.8 Å². The Bertz CT molecular complexity index is 493. The zero-order chi connectivity index (χ0) is 14.0. The van der Waals surface area contributed by atoms with Gasteiger partial charge in [-0.15, -0.1) is 0 Å². The lowest BCUT2D eigenvalue weighted by Crippen LogP contribution is -2.41. The standard InChI is InChI=1S/C16H21BrN2O/c17-14-5-1-4-13(9-14)16(6-7-16)15(20)19-11-12-3-2-8-18-10-12/h1,4-5,9,12,18H,2-3,6-8,10-11H2,(H,19,20). The Kier molecular flexibility index (Phi) is 4.13. The summed E-state index contributed by atoms with van der Waals surface area (Å²) in [6, 6.07) is 8.16. The van der Waals surface area contributed by atoms with Crippen molar-refractivity contribution < 1.29 is 4.79 Å². The monoisotopic (exact) mass is 336 g/mol. The van der Waals surface area contributed by atoms with E-state index in [0.717, 1.165) is 42.5 Å². The van der Waals surface area contributed by atoms with Gasteiger partial charge in [0.05, 0.1) is 5.41 Å². The smallest absolute Gasteiger partial charge is 0.230 e. The fraction of sp³-hybridized carbons (Fsp3) is 0.562. The van der Waals surface area contributed by atoms with Gasteiger partial charge in [-0.1, -0.05) is 28.1 Å². The number of carbonyl (C=O) groups excluding carboxylic acids is 1. The molecule has 1 amide bonds. The summed E-state index contributed by atoms with van der Waals surface area (Å²) in [5.41, 5.74) is 0.887. The first kappa shape index (κ1) is 14.1. The van der Waals surface area contributed by atoms with Crippen molar-refractivity contribution in [2.45, 2.75) is 31.1 Å². The minimum Gasteiger partial charge on any atom is -0.355 e. The normalized spacial score (nSPS) is 24.1. The molecule has 1 saturated heterocycles. The summed E-state index contributed by atoms with van der Waals surface area (Å²) < 4.78 is 1.05. The third-order valence-electron chi connectivity index (χ3n) is 4.51. The number of rotatable bonds is 4. The largest absolute Gasteiger partial charge is 0.355 e. The zero-order valence-electron chi connectivity index (χ0n) is 11.6. The molecule has 1 heterocycles. The quantitative estimate of drug-likeness (QED) is 0.887. The molecule has 1 aliphatic carbocycles. The van der Waals surface area contributed by atoms with Gasteiger partial charge >= 0.3 is 0 Å². The molecular weight excluding hydrogens is 316 g/mol. The lowest BCUT2D eigenvalue weighted by atomic mass is 9.94. The van der Waals surface area contributed by atoms with Gasteiger partial charge in [0.2, 0.25) is 5.91 Å². The van der Waals surface area contributed by atoms with E-state index in [4.69, 9.17) is 0 Å². The number of hydrogen-bond acceptors (Lipinski definition) is 2. The van der Waals surface area contributed by atoms with Crippen LogP contribution in [0.3, 0.4) is 0 Å². The molecule has 4 heteroatoms. The van der Waals surface area contributed by atoms with Crippen LogP contribution in [-0.2, 0) is 10.2 Å².